The number of fused-ring (bicyclic) bond motifs is 2. The van der Waals surface area contributed by atoms with Crippen LogP contribution in [-0.4, -0.2) is 53.2 Å². The van der Waals surface area contributed by atoms with Crippen molar-refractivity contribution in [3.8, 4) is 16.9 Å². The van der Waals surface area contributed by atoms with Crippen molar-refractivity contribution in [3.63, 3.8) is 0 Å². The van der Waals surface area contributed by atoms with E-state index in [0.717, 1.165) is 37.0 Å². The van der Waals surface area contributed by atoms with Crippen molar-refractivity contribution in [2.45, 2.75) is 32.8 Å². The zero-order chi connectivity index (χ0) is 24.9. The predicted molar refractivity (Wildman–Crippen MR) is 130 cm³/mol. The van der Waals surface area contributed by atoms with Crippen LogP contribution in [0.1, 0.15) is 32.9 Å². The zero-order valence-corrected chi connectivity index (χ0v) is 20.3. The first-order valence-electron chi connectivity index (χ1n) is 11.8. The van der Waals surface area contributed by atoms with Gasteiger partial charge in [0.1, 0.15) is 28.6 Å². The van der Waals surface area contributed by atoms with Gasteiger partial charge in [-0.1, -0.05) is 6.08 Å². The molecule has 2 atom stereocenters. The molecule has 1 aromatic carbocycles. The summed E-state index contributed by atoms with van der Waals surface area (Å²) < 4.78 is 39.8. The fourth-order valence-corrected chi connectivity index (χ4v) is 5.26. The van der Waals surface area contributed by atoms with E-state index in [2.05, 4.69) is 20.9 Å². The number of nitrogens with one attached hydrogen (secondary N) is 1. The number of methoxy groups -OCH3 is 1. The highest BCUT2D eigenvalue weighted by Crippen LogP contribution is 2.43. The molecule has 0 saturated carbocycles. The van der Waals surface area contributed by atoms with E-state index >= 15 is 0 Å². The topological polar surface area (TPSA) is 67.5 Å². The third-order valence-corrected chi connectivity index (χ3v) is 6.63. The van der Waals surface area contributed by atoms with E-state index in [1.807, 2.05) is 26.8 Å². The summed E-state index contributed by atoms with van der Waals surface area (Å²) in [7, 11) is 1.48. The Labute approximate surface area is 202 Å². The average molecular weight is 482 g/mol. The molecule has 0 amide bonds. The van der Waals surface area contributed by atoms with Crippen LogP contribution in [0, 0.1) is 23.5 Å². The molecule has 0 bridgehead atoms. The molecule has 184 valence electrons. The van der Waals surface area contributed by atoms with E-state index in [1.165, 1.54) is 25.3 Å². The molecule has 2 aromatic heterocycles. The highest BCUT2D eigenvalue weighted by atomic mass is 19.1. The SMILES string of the molecule is COc1ccc(F)cc1-c1c(F)cnc2[nH]c(C3=CC4CN(CC(=O)OC(C)(C)C)CC4C3)cc12. The van der Waals surface area contributed by atoms with Crippen molar-refractivity contribution in [1.82, 2.24) is 14.9 Å². The van der Waals surface area contributed by atoms with Crippen LogP contribution < -0.4 is 4.74 Å². The Hall–Kier alpha value is -3.26. The molecular formula is C27H29F2N3O3. The molecule has 3 aromatic rings. The van der Waals surface area contributed by atoms with E-state index in [1.54, 1.807) is 0 Å². The number of nitrogens with zero attached hydrogens (tertiary/aromatic N) is 2. The quantitative estimate of drug-likeness (QED) is 0.508. The monoisotopic (exact) mass is 481 g/mol. The molecule has 0 radical (unpaired) electrons. The number of aromatic amines is 1. The Morgan fingerprint density at radius 3 is 2.74 bits per heavy atom. The van der Waals surface area contributed by atoms with Crippen molar-refractivity contribution in [2.24, 2.45) is 11.8 Å². The van der Waals surface area contributed by atoms with Gasteiger partial charge in [0.05, 0.1) is 19.9 Å². The number of aromatic nitrogens is 2. The predicted octanol–water partition coefficient (Wildman–Crippen LogP) is 5.19. The van der Waals surface area contributed by atoms with E-state index in [4.69, 9.17) is 9.47 Å². The molecular weight excluding hydrogens is 452 g/mol. The lowest BCUT2D eigenvalue weighted by Gasteiger charge is -2.22. The van der Waals surface area contributed by atoms with Crippen molar-refractivity contribution in [3.05, 3.63) is 53.9 Å². The van der Waals surface area contributed by atoms with Crippen LogP contribution in [-0.2, 0) is 9.53 Å². The second-order valence-corrected chi connectivity index (χ2v) is 10.4. The Morgan fingerprint density at radius 2 is 2.03 bits per heavy atom. The number of hydrogen-bond donors (Lipinski definition) is 1. The molecule has 35 heavy (non-hydrogen) atoms. The number of hydrogen-bond acceptors (Lipinski definition) is 5. The Morgan fingerprint density at radius 1 is 1.23 bits per heavy atom. The number of carbonyl (C=O) groups excluding carboxylic acids is 1. The van der Waals surface area contributed by atoms with Crippen LogP contribution in [0.3, 0.4) is 0 Å². The molecule has 1 aliphatic carbocycles. The van der Waals surface area contributed by atoms with Crippen LogP contribution >= 0.6 is 0 Å². The van der Waals surface area contributed by atoms with E-state index in [-0.39, 0.29) is 11.5 Å². The van der Waals surface area contributed by atoms with Crippen molar-refractivity contribution < 1.29 is 23.0 Å². The number of halogens is 2. The lowest BCUT2D eigenvalue weighted by atomic mass is 9.99. The number of carbonyl (C=O) groups is 1. The minimum atomic E-state index is -0.540. The molecule has 1 aliphatic heterocycles. The normalized spacial score (nSPS) is 20.2. The first kappa shape index (κ1) is 23.5. The second-order valence-electron chi connectivity index (χ2n) is 10.4. The summed E-state index contributed by atoms with van der Waals surface area (Å²) in [5.41, 5.74) is 2.67. The Kier molecular flexibility index (Phi) is 5.87. The zero-order valence-electron chi connectivity index (χ0n) is 20.3. The van der Waals surface area contributed by atoms with E-state index < -0.39 is 17.2 Å². The fraction of sp³-hybridized carbons (Fsp3) is 0.407. The minimum Gasteiger partial charge on any atom is -0.496 e. The van der Waals surface area contributed by atoms with Gasteiger partial charge in [0, 0.05) is 35.3 Å². The van der Waals surface area contributed by atoms with Crippen molar-refractivity contribution >= 4 is 22.6 Å². The van der Waals surface area contributed by atoms with Crippen LogP contribution in [0.25, 0.3) is 27.7 Å². The van der Waals surface area contributed by atoms with Crippen LogP contribution in [0.2, 0.25) is 0 Å². The summed E-state index contributed by atoms with van der Waals surface area (Å²) in [6.07, 6.45) is 4.24. The molecule has 1 N–H and O–H groups in total. The van der Waals surface area contributed by atoms with Gasteiger partial charge in [0.25, 0.3) is 0 Å². The summed E-state index contributed by atoms with van der Waals surface area (Å²) >= 11 is 0. The third-order valence-electron chi connectivity index (χ3n) is 6.63. The summed E-state index contributed by atoms with van der Waals surface area (Å²) in [5, 5.41) is 0.577. The van der Waals surface area contributed by atoms with E-state index in [9.17, 15) is 13.6 Å². The molecule has 3 heterocycles. The summed E-state index contributed by atoms with van der Waals surface area (Å²) in [6.45, 7) is 7.53. The van der Waals surface area contributed by atoms with E-state index in [0.29, 0.717) is 40.7 Å². The maximum absolute atomic E-state index is 15.0. The molecule has 6 nitrogen and oxygen atoms in total. The van der Waals surface area contributed by atoms with Gasteiger partial charge in [-0.3, -0.25) is 9.69 Å². The van der Waals surface area contributed by atoms with Gasteiger partial charge < -0.3 is 14.5 Å². The molecule has 1 saturated heterocycles. The average Bonchev–Trinajstić information content (AvgIpc) is 3.45. The van der Waals surface area contributed by atoms with Gasteiger partial charge in [-0.05, 0) is 68.9 Å². The minimum absolute atomic E-state index is 0.203. The second kappa shape index (κ2) is 8.75. The van der Waals surface area contributed by atoms with Gasteiger partial charge in [0.2, 0.25) is 0 Å². The lowest BCUT2D eigenvalue weighted by Crippen LogP contribution is -2.34. The van der Waals surface area contributed by atoms with Gasteiger partial charge in [0.15, 0.2) is 0 Å². The number of H-pyrrole nitrogens is 1. The van der Waals surface area contributed by atoms with Gasteiger partial charge >= 0.3 is 5.97 Å². The number of ether oxygens (including phenoxy) is 2. The number of pyridine rings is 1. The molecule has 2 unspecified atom stereocenters. The van der Waals surface area contributed by atoms with Gasteiger partial charge in [-0.25, -0.2) is 13.8 Å². The standard InChI is InChI=1S/C27H29F2N3O3/c1-27(2,3)35-24(33)14-32-12-16-7-15(8-17(16)13-32)22-10-20-25(21(29)11-30-26(20)31-22)19-9-18(28)5-6-23(19)34-4/h5-7,9-11,16-17H,8,12-14H2,1-4H3,(H,30,31). The number of allylic oxidation sites excluding steroid dienone is 1. The van der Waals surface area contributed by atoms with Gasteiger partial charge in [-0.2, -0.15) is 0 Å². The maximum atomic E-state index is 15.0. The molecule has 0 spiro atoms. The first-order chi connectivity index (χ1) is 16.6. The largest absolute Gasteiger partial charge is 0.496 e. The third kappa shape index (κ3) is 4.67. The highest BCUT2D eigenvalue weighted by molar-refractivity contribution is 5.97. The number of rotatable bonds is 5. The number of likely N-dealkylation sites (tertiary alicyclic amines) is 1. The molecule has 1 fully saturated rings. The summed E-state index contributed by atoms with van der Waals surface area (Å²) in [6, 6.07) is 5.95. The molecule has 2 aliphatic rings. The number of benzene rings is 1. The fourth-order valence-electron chi connectivity index (χ4n) is 5.26. The first-order valence-corrected chi connectivity index (χ1v) is 11.8. The maximum Gasteiger partial charge on any atom is 0.320 e. The van der Waals surface area contributed by atoms with Crippen LogP contribution in [0.15, 0.2) is 36.5 Å². The summed E-state index contributed by atoms with van der Waals surface area (Å²) in [4.78, 5) is 21.9. The Balaban J connectivity index is 1.40. The van der Waals surface area contributed by atoms with Gasteiger partial charge in [-0.15, -0.1) is 0 Å². The number of esters is 1. The molecule has 8 heteroatoms. The van der Waals surface area contributed by atoms with Crippen molar-refractivity contribution in [2.75, 3.05) is 26.7 Å². The summed E-state index contributed by atoms with van der Waals surface area (Å²) in [5.74, 6) is -0.0752. The molecule has 5 rings (SSSR count). The van der Waals surface area contributed by atoms with Crippen molar-refractivity contribution in [1.29, 1.82) is 0 Å². The van der Waals surface area contributed by atoms with Crippen LogP contribution in [0.4, 0.5) is 8.78 Å². The lowest BCUT2D eigenvalue weighted by molar-refractivity contribution is -0.155. The van der Waals surface area contributed by atoms with Crippen LogP contribution in [0.5, 0.6) is 5.75 Å². The Bertz CT molecular complexity index is 1330. The smallest absolute Gasteiger partial charge is 0.320 e. The highest BCUT2D eigenvalue weighted by Gasteiger charge is 2.38.